The Bertz CT molecular complexity index is 657. The molecular formula is C14H17N5O3. The molecule has 1 aromatic heterocycles. The number of fused-ring (bicyclic) bond motifs is 1. The summed E-state index contributed by atoms with van der Waals surface area (Å²) in [7, 11) is 0. The third-order valence-electron chi connectivity index (χ3n) is 3.16. The molecule has 0 bridgehead atoms. The van der Waals surface area contributed by atoms with Gasteiger partial charge in [0.2, 0.25) is 0 Å². The van der Waals surface area contributed by atoms with Gasteiger partial charge in [-0.3, -0.25) is 10.00 Å². The minimum Gasteiger partial charge on any atom is -0.486 e. The molecule has 3 rings (SSSR count). The minimum atomic E-state index is -0.356. The van der Waals surface area contributed by atoms with Crippen LogP contribution in [0.1, 0.15) is 6.92 Å². The maximum absolute atomic E-state index is 11.8. The molecule has 0 unspecified atom stereocenters. The number of carbonyl (C=O) groups is 1. The number of aromatic nitrogens is 3. The number of anilines is 1. The molecule has 0 spiro atoms. The van der Waals surface area contributed by atoms with E-state index in [0.717, 1.165) is 5.75 Å². The largest absolute Gasteiger partial charge is 0.486 e. The summed E-state index contributed by atoms with van der Waals surface area (Å²) in [5.74, 6) is 1.82. The number of ether oxygens (including phenoxy) is 2. The number of nitrogens with zero attached hydrogens (tertiary/aromatic N) is 3. The van der Waals surface area contributed by atoms with Crippen molar-refractivity contribution < 1.29 is 14.3 Å². The fourth-order valence-corrected chi connectivity index (χ4v) is 2.04. The Morgan fingerprint density at radius 1 is 1.41 bits per heavy atom. The number of hydrogen-bond donors (Lipinski definition) is 2. The van der Waals surface area contributed by atoms with Crippen LogP contribution in [0.3, 0.4) is 0 Å². The van der Waals surface area contributed by atoms with Crippen LogP contribution in [-0.4, -0.2) is 40.3 Å². The second-order valence-electron chi connectivity index (χ2n) is 4.79. The lowest BCUT2D eigenvalue weighted by atomic mass is 10.2. The van der Waals surface area contributed by atoms with Crippen LogP contribution in [0.4, 0.5) is 10.6 Å². The molecule has 0 radical (unpaired) electrons. The van der Waals surface area contributed by atoms with Gasteiger partial charge in [-0.05, 0) is 19.1 Å². The van der Waals surface area contributed by atoms with Crippen molar-refractivity contribution in [3.8, 4) is 11.5 Å². The summed E-state index contributed by atoms with van der Waals surface area (Å²) in [6, 6.07) is 7.10. The van der Waals surface area contributed by atoms with Gasteiger partial charge in [-0.15, -0.1) is 5.10 Å². The fraction of sp³-hybridized carbons (Fsp3) is 0.357. The molecule has 8 nitrogen and oxygen atoms in total. The number of hydrogen-bond acceptors (Lipinski definition) is 5. The molecule has 2 heterocycles. The molecule has 0 saturated carbocycles. The standard InChI is InChI=1S/C14H17N5O3/c1-2-19-8-13(17-18-19)16-14(20)15-7-10-9-21-11-5-3-4-6-12(11)22-10/h3-6,8,10H,2,7,9H2,1H3,(H2,15,16,20)/t10-/m0/s1. The molecule has 116 valence electrons. The van der Waals surface area contributed by atoms with Gasteiger partial charge in [0.05, 0.1) is 12.7 Å². The van der Waals surface area contributed by atoms with E-state index < -0.39 is 0 Å². The number of aryl methyl sites for hydroxylation is 1. The van der Waals surface area contributed by atoms with E-state index in [2.05, 4.69) is 20.9 Å². The zero-order valence-corrected chi connectivity index (χ0v) is 12.2. The smallest absolute Gasteiger partial charge is 0.320 e. The van der Waals surface area contributed by atoms with Crippen LogP contribution in [0.25, 0.3) is 0 Å². The first-order valence-corrected chi connectivity index (χ1v) is 7.08. The van der Waals surface area contributed by atoms with Gasteiger partial charge in [0.25, 0.3) is 0 Å². The van der Waals surface area contributed by atoms with Gasteiger partial charge < -0.3 is 14.8 Å². The summed E-state index contributed by atoms with van der Waals surface area (Å²) < 4.78 is 13.0. The van der Waals surface area contributed by atoms with E-state index in [1.54, 1.807) is 10.9 Å². The van der Waals surface area contributed by atoms with Crippen molar-refractivity contribution in [2.45, 2.75) is 19.6 Å². The molecule has 8 heteroatoms. The minimum absolute atomic E-state index is 0.230. The van der Waals surface area contributed by atoms with Crippen molar-refractivity contribution in [1.29, 1.82) is 0 Å². The predicted molar refractivity (Wildman–Crippen MR) is 79.1 cm³/mol. The van der Waals surface area contributed by atoms with Crippen LogP contribution in [0.15, 0.2) is 30.5 Å². The van der Waals surface area contributed by atoms with Gasteiger partial charge in [0.15, 0.2) is 23.4 Å². The lowest BCUT2D eigenvalue weighted by Crippen LogP contribution is -2.42. The highest BCUT2D eigenvalue weighted by Crippen LogP contribution is 2.30. The second kappa shape index (κ2) is 6.33. The van der Waals surface area contributed by atoms with Gasteiger partial charge in [-0.1, -0.05) is 17.3 Å². The highest BCUT2D eigenvalue weighted by molar-refractivity contribution is 5.87. The molecular weight excluding hydrogens is 286 g/mol. The summed E-state index contributed by atoms with van der Waals surface area (Å²) >= 11 is 0. The lowest BCUT2D eigenvalue weighted by molar-refractivity contribution is 0.0922. The number of urea groups is 1. The Labute approximate surface area is 127 Å². The molecule has 22 heavy (non-hydrogen) atoms. The van der Waals surface area contributed by atoms with Crippen LogP contribution >= 0.6 is 0 Å². The van der Waals surface area contributed by atoms with Gasteiger partial charge in [0.1, 0.15) is 6.61 Å². The van der Waals surface area contributed by atoms with E-state index in [9.17, 15) is 4.79 Å². The molecule has 0 fully saturated rings. The zero-order chi connectivity index (χ0) is 15.4. The van der Waals surface area contributed by atoms with Crippen molar-refractivity contribution in [3.05, 3.63) is 30.5 Å². The van der Waals surface area contributed by atoms with Crippen LogP contribution < -0.4 is 20.1 Å². The Hall–Kier alpha value is -2.77. The molecule has 1 aliphatic heterocycles. The van der Waals surface area contributed by atoms with Crippen LogP contribution in [0, 0.1) is 0 Å². The summed E-state index contributed by atoms with van der Waals surface area (Å²) in [6.45, 7) is 3.37. The zero-order valence-electron chi connectivity index (χ0n) is 12.2. The topological polar surface area (TPSA) is 90.3 Å². The Morgan fingerprint density at radius 3 is 3.00 bits per heavy atom. The second-order valence-corrected chi connectivity index (χ2v) is 4.79. The lowest BCUT2D eigenvalue weighted by Gasteiger charge is -2.26. The van der Waals surface area contributed by atoms with Crippen molar-refractivity contribution in [2.75, 3.05) is 18.5 Å². The molecule has 1 atom stereocenters. The summed E-state index contributed by atoms with van der Waals surface area (Å²) in [4.78, 5) is 11.8. The number of amides is 2. The average molecular weight is 303 g/mol. The third-order valence-corrected chi connectivity index (χ3v) is 3.16. The van der Waals surface area contributed by atoms with Crippen molar-refractivity contribution >= 4 is 11.8 Å². The van der Waals surface area contributed by atoms with Gasteiger partial charge >= 0.3 is 6.03 Å². The maximum Gasteiger partial charge on any atom is 0.320 e. The first-order valence-electron chi connectivity index (χ1n) is 7.08. The molecule has 0 aliphatic carbocycles. The van der Waals surface area contributed by atoms with E-state index in [1.165, 1.54) is 0 Å². The summed E-state index contributed by atoms with van der Waals surface area (Å²) in [6.07, 6.45) is 1.43. The number of rotatable bonds is 4. The maximum atomic E-state index is 11.8. The van der Waals surface area contributed by atoms with Gasteiger partial charge in [0, 0.05) is 6.54 Å². The van der Waals surface area contributed by atoms with Crippen molar-refractivity contribution in [2.24, 2.45) is 0 Å². The van der Waals surface area contributed by atoms with E-state index in [4.69, 9.17) is 9.47 Å². The Kier molecular flexibility index (Phi) is 4.08. The SMILES string of the molecule is CCn1cc(NC(=O)NC[C@H]2COc3ccccc3O2)nn1. The average Bonchev–Trinajstić information content (AvgIpc) is 3.00. The van der Waals surface area contributed by atoms with E-state index >= 15 is 0 Å². The van der Waals surface area contributed by atoms with E-state index in [0.29, 0.717) is 31.3 Å². The molecule has 1 aromatic carbocycles. The van der Waals surface area contributed by atoms with Crippen LogP contribution in [0.2, 0.25) is 0 Å². The normalized spacial score (nSPS) is 16.1. The van der Waals surface area contributed by atoms with Crippen molar-refractivity contribution in [1.82, 2.24) is 20.3 Å². The van der Waals surface area contributed by atoms with Crippen LogP contribution in [0.5, 0.6) is 11.5 Å². The third kappa shape index (κ3) is 3.27. The quantitative estimate of drug-likeness (QED) is 0.887. The fourth-order valence-electron chi connectivity index (χ4n) is 2.04. The number of benzene rings is 1. The van der Waals surface area contributed by atoms with Gasteiger partial charge in [-0.2, -0.15) is 0 Å². The Morgan fingerprint density at radius 2 is 2.23 bits per heavy atom. The predicted octanol–water partition coefficient (Wildman–Crippen LogP) is 1.26. The Balaban J connectivity index is 1.47. The molecule has 1 aliphatic rings. The molecule has 2 amide bonds. The molecule has 0 saturated heterocycles. The van der Waals surface area contributed by atoms with E-state index in [1.807, 2.05) is 31.2 Å². The molecule has 2 N–H and O–H groups in total. The first-order chi connectivity index (χ1) is 10.7. The number of nitrogens with one attached hydrogen (secondary N) is 2. The number of carbonyl (C=O) groups excluding carboxylic acids is 1. The number of para-hydroxylation sites is 2. The summed E-state index contributed by atoms with van der Waals surface area (Å²) in [5.41, 5.74) is 0. The highest BCUT2D eigenvalue weighted by Gasteiger charge is 2.21. The molecule has 2 aromatic rings. The van der Waals surface area contributed by atoms with E-state index in [-0.39, 0.29) is 12.1 Å². The monoisotopic (exact) mass is 303 g/mol. The highest BCUT2D eigenvalue weighted by atomic mass is 16.6. The van der Waals surface area contributed by atoms with Crippen LogP contribution in [-0.2, 0) is 6.54 Å². The van der Waals surface area contributed by atoms with Gasteiger partial charge in [-0.25, -0.2) is 4.79 Å². The first kappa shape index (κ1) is 14.2. The van der Waals surface area contributed by atoms with Crippen molar-refractivity contribution in [3.63, 3.8) is 0 Å². The summed E-state index contributed by atoms with van der Waals surface area (Å²) in [5, 5.41) is 13.0.